The van der Waals surface area contributed by atoms with Crippen molar-refractivity contribution in [2.45, 2.75) is 32.2 Å². The van der Waals surface area contributed by atoms with Crippen molar-refractivity contribution in [2.24, 2.45) is 0 Å². The van der Waals surface area contributed by atoms with Gasteiger partial charge in [0.15, 0.2) is 0 Å². The van der Waals surface area contributed by atoms with Crippen LogP contribution in [0.3, 0.4) is 0 Å². The van der Waals surface area contributed by atoms with Gasteiger partial charge in [-0.3, -0.25) is 4.90 Å². The fourth-order valence-corrected chi connectivity index (χ4v) is 5.03. The predicted molar refractivity (Wildman–Crippen MR) is 101 cm³/mol. The predicted octanol–water partition coefficient (Wildman–Crippen LogP) is 3.96. The molecule has 4 heteroatoms. The molecular weight excluding hydrogens is 316 g/mol. The van der Waals surface area contributed by atoms with Crippen molar-refractivity contribution in [1.82, 2.24) is 4.90 Å². The molecule has 1 aliphatic carbocycles. The maximum atomic E-state index is 5.25. The highest BCUT2D eigenvalue weighted by atomic mass is 32.1. The van der Waals surface area contributed by atoms with Crippen LogP contribution in [0.5, 0.6) is 5.75 Å². The van der Waals surface area contributed by atoms with E-state index in [1.54, 1.807) is 23.1 Å². The molecule has 1 fully saturated rings. The van der Waals surface area contributed by atoms with Crippen molar-refractivity contribution in [3.63, 3.8) is 0 Å². The van der Waals surface area contributed by atoms with Crippen molar-refractivity contribution in [3.8, 4) is 5.75 Å². The lowest BCUT2D eigenvalue weighted by Gasteiger charge is -2.36. The smallest absolute Gasteiger partial charge is 0.119 e. The fraction of sp³-hybridized carbons (Fsp3) is 0.500. The Morgan fingerprint density at radius 3 is 2.50 bits per heavy atom. The van der Waals surface area contributed by atoms with E-state index in [0.29, 0.717) is 0 Å². The van der Waals surface area contributed by atoms with E-state index in [9.17, 15) is 0 Å². The normalized spacial score (nSPS) is 18.5. The maximum absolute atomic E-state index is 5.25. The Kier molecular flexibility index (Phi) is 4.76. The highest BCUT2D eigenvalue weighted by Gasteiger charge is 2.21. The summed E-state index contributed by atoms with van der Waals surface area (Å²) in [7, 11) is 1.72. The van der Waals surface area contributed by atoms with Gasteiger partial charge in [-0.2, -0.15) is 0 Å². The Bertz CT molecular complexity index is 671. The summed E-state index contributed by atoms with van der Waals surface area (Å²) in [6, 6.07) is 8.45. The molecule has 1 saturated heterocycles. The number of rotatable bonds is 4. The summed E-state index contributed by atoms with van der Waals surface area (Å²) in [6.45, 7) is 5.66. The van der Waals surface area contributed by atoms with Crippen LogP contribution in [-0.2, 0) is 19.4 Å². The van der Waals surface area contributed by atoms with Crippen molar-refractivity contribution in [3.05, 3.63) is 45.6 Å². The first-order valence-corrected chi connectivity index (χ1v) is 9.91. The van der Waals surface area contributed by atoms with Gasteiger partial charge in [-0.25, -0.2) is 0 Å². The molecule has 0 N–H and O–H groups in total. The monoisotopic (exact) mass is 342 g/mol. The van der Waals surface area contributed by atoms with E-state index >= 15 is 0 Å². The van der Waals surface area contributed by atoms with Crippen LogP contribution < -0.4 is 9.64 Å². The van der Waals surface area contributed by atoms with Crippen LogP contribution in [-0.4, -0.2) is 38.2 Å². The largest absolute Gasteiger partial charge is 0.497 e. The Morgan fingerprint density at radius 2 is 1.75 bits per heavy atom. The number of anilines is 1. The van der Waals surface area contributed by atoms with Crippen LogP contribution in [0, 0.1) is 0 Å². The van der Waals surface area contributed by atoms with Crippen molar-refractivity contribution in [2.75, 3.05) is 38.2 Å². The van der Waals surface area contributed by atoms with Gasteiger partial charge in [0.2, 0.25) is 0 Å². The van der Waals surface area contributed by atoms with Gasteiger partial charge in [0.25, 0.3) is 0 Å². The fourth-order valence-electron chi connectivity index (χ4n) is 3.89. The standard InChI is InChI=1S/C20H26N2OS/c1-23-18-8-6-17(7-9-18)22-12-10-21(11-13-22)14-16-15-24-20-5-3-2-4-19(16)20/h6-9,15H,2-5,10-14H2,1H3. The Hall–Kier alpha value is -1.52. The van der Waals surface area contributed by atoms with Crippen LogP contribution in [0.25, 0.3) is 0 Å². The lowest BCUT2D eigenvalue weighted by atomic mass is 9.95. The highest BCUT2D eigenvalue weighted by molar-refractivity contribution is 7.10. The molecule has 128 valence electrons. The van der Waals surface area contributed by atoms with E-state index in [0.717, 1.165) is 38.5 Å². The molecule has 2 aromatic rings. The molecule has 24 heavy (non-hydrogen) atoms. The van der Waals surface area contributed by atoms with Gasteiger partial charge in [-0.15, -0.1) is 11.3 Å². The topological polar surface area (TPSA) is 15.7 Å². The van der Waals surface area contributed by atoms with Crippen molar-refractivity contribution in [1.29, 1.82) is 0 Å². The first-order chi connectivity index (χ1) is 11.8. The minimum absolute atomic E-state index is 0.930. The second kappa shape index (κ2) is 7.16. The van der Waals surface area contributed by atoms with E-state index in [-0.39, 0.29) is 0 Å². The van der Waals surface area contributed by atoms with Crippen molar-refractivity contribution >= 4 is 17.0 Å². The third-order valence-corrected chi connectivity index (χ3v) is 6.49. The quantitative estimate of drug-likeness (QED) is 0.836. The average molecular weight is 343 g/mol. The minimum Gasteiger partial charge on any atom is -0.497 e. The molecule has 0 bridgehead atoms. The second-order valence-corrected chi connectivity index (χ2v) is 7.80. The number of thiophene rings is 1. The Balaban J connectivity index is 1.35. The van der Waals surface area contributed by atoms with Crippen LogP contribution in [0.15, 0.2) is 29.6 Å². The molecular formula is C20H26N2OS. The zero-order valence-electron chi connectivity index (χ0n) is 14.5. The third kappa shape index (κ3) is 3.31. The lowest BCUT2D eigenvalue weighted by Crippen LogP contribution is -2.46. The number of hydrogen-bond acceptors (Lipinski definition) is 4. The van der Waals surface area contributed by atoms with E-state index in [1.807, 2.05) is 11.3 Å². The van der Waals surface area contributed by atoms with Gasteiger partial charge < -0.3 is 9.64 Å². The van der Waals surface area contributed by atoms with E-state index in [1.165, 1.54) is 31.4 Å². The molecule has 1 aromatic carbocycles. The summed E-state index contributed by atoms with van der Waals surface area (Å²) in [5.74, 6) is 0.930. The lowest BCUT2D eigenvalue weighted by molar-refractivity contribution is 0.249. The molecule has 0 spiro atoms. The van der Waals surface area contributed by atoms with Gasteiger partial charge in [0.1, 0.15) is 5.75 Å². The number of hydrogen-bond donors (Lipinski definition) is 0. The second-order valence-electron chi connectivity index (χ2n) is 6.83. The first-order valence-electron chi connectivity index (χ1n) is 9.03. The summed E-state index contributed by atoms with van der Waals surface area (Å²) in [5, 5.41) is 2.42. The SMILES string of the molecule is COc1ccc(N2CCN(Cc3csc4c3CCCC4)CC2)cc1. The van der Waals surface area contributed by atoms with Crippen LogP contribution >= 0.6 is 11.3 Å². The Labute approximate surface area is 148 Å². The summed E-state index contributed by atoms with van der Waals surface area (Å²) < 4.78 is 5.25. The first kappa shape index (κ1) is 16.0. The zero-order valence-corrected chi connectivity index (χ0v) is 15.3. The molecule has 4 rings (SSSR count). The van der Waals surface area contributed by atoms with Crippen LogP contribution in [0.4, 0.5) is 5.69 Å². The molecule has 0 radical (unpaired) electrons. The summed E-state index contributed by atoms with van der Waals surface area (Å²) in [6.07, 6.45) is 5.38. The van der Waals surface area contributed by atoms with Gasteiger partial charge in [0.05, 0.1) is 7.11 Å². The minimum atomic E-state index is 0.930. The molecule has 0 saturated carbocycles. The van der Waals surface area contributed by atoms with E-state index in [2.05, 4.69) is 39.4 Å². The molecule has 1 aliphatic heterocycles. The number of ether oxygens (including phenoxy) is 1. The van der Waals surface area contributed by atoms with Gasteiger partial charge in [-0.05, 0) is 66.5 Å². The number of nitrogens with zero attached hydrogens (tertiary/aromatic N) is 2. The van der Waals surface area contributed by atoms with Crippen molar-refractivity contribution < 1.29 is 4.74 Å². The summed E-state index contributed by atoms with van der Waals surface area (Å²) in [5.41, 5.74) is 4.60. The molecule has 1 aromatic heterocycles. The van der Waals surface area contributed by atoms with Gasteiger partial charge in [-0.1, -0.05) is 0 Å². The molecule has 0 unspecified atom stereocenters. The Morgan fingerprint density at radius 1 is 1.00 bits per heavy atom. The summed E-state index contributed by atoms with van der Waals surface area (Å²) >= 11 is 1.99. The van der Waals surface area contributed by atoms with Crippen LogP contribution in [0.2, 0.25) is 0 Å². The number of fused-ring (bicyclic) bond motifs is 1. The number of methoxy groups -OCH3 is 1. The molecule has 0 amide bonds. The molecule has 2 heterocycles. The number of benzene rings is 1. The van der Waals surface area contributed by atoms with E-state index < -0.39 is 0 Å². The maximum Gasteiger partial charge on any atom is 0.119 e. The van der Waals surface area contributed by atoms with Gasteiger partial charge >= 0.3 is 0 Å². The van der Waals surface area contributed by atoms with Crippen LogP contribution in [0.1, 0.15) is 28.8 Å². The average Bonchev–Trinajstić information content (AvgIpc) is 3.06. The summed E-state index contributed by atoms with van der Waals surface area (Å²) in [4.78, 5) is 6.77. The highest BCUT2D eigenvalue weighted by Crippen LogP contribution is 2.31. The van der Waals surface area contributed by atoms with E-state index in [4.69, 9.17) is 4.74 Å². The number of piperazine rings is 1. The van der Waals surface area contributed by atoms with Gasteiger partial charge in [0, 0.05) is 43.3 Å². The molecule has 0 atom stereocenters. The molecule has 3 nitrogen and oxygen atoms in total. The zero-order chi connectivity index (χ0) is 16.4. The number of aryl methyl sites for hydroxylation is 1. The molecule has 2 aliphatic rings. The third-order valence-electron chi connectivity index (χ3n) is 5.35.